The minimum absolute atomic E-state index is 0.00861. The van der Waals surface area contributed by atoms with E-state index in [-0.39, 0.29) is 18.0 Å². The minimum atomic E-state index is -0.00861. The molecule has 1 amide bonds. The third-order valence-corrected chi connectivity index (χ3v) is 3.65. The normalized spacial score (nSPS) is 12.7. The van der Waals surface area contributed by atoms with Crippen LogP contribution in [0.25, 0.3) is 0 Å². The van der Waals surface area contributed by atoms with Crippen molar-refractivity contribution in [3.8, 4) is 0 Å². The van der Waals surface area contributed by atoms with Crippen molar-refractivity contribution in [1.29, 1.82) is 0 Å². The smallest absolute Gasteiger partial charge is 0.235 e. The summed E-state index contributed by atoms with van der Waals surface area (Å²) in [6.07, 6.45) is 2.63. The average Bonchev–Trinajstić information content (AvgIpc) is 2.76. The number of amides is 1. The molecule has 102 valence electrons. The van der Waals surface area contributed by atoms with Gasteiger partial charge in [0.05, 0.1) is 11.9 Å². The molecule has 3 N–H and O–H groups in total. The van der Waals surface area contributed by atoms with E-state index in [4.69, 9.17) is 5.73 Å². The number of anilines is 1. The highest BCUT2D eigenvalue weighted by Gasteiger charge is 2.09. The molecule has 0 fully saturated rings. The van der Waals surface area contributed by atoms with Gasteiger partial charge in [-0.1, -0.05) is 6.92 Å². The van der Waals surface area contributed by atoms with Crippen molar-refractivity contribution in [3.63, 3.8) is 0 Å². The Labute approximate surface area is 112 Å². The first-order valence-corrected chi connectivity index (χ1v) is 7.36. The first-order chi connectivity index (χ1) is 8.54. The van der Waals surface area contributed by atoms with Crippen LogP contribution in [0.15, 0.2) is 12.3 Å². The SMILES string of the molecule is CCC(N)CSCC(=O)Nc1ccnn1C(C)C. The molecule has 1 atom stereocenters. The Balaban J connectivity index is 2.38. The second kappa shape index (κ2) is 7.43. The molecule has 0 spiro atoms. The fourth-order valence-corrected chi connectivity index (χ4v) is 2.34. The molecule has 0 saturated heterocycles. The minimum Gasteiger partial charge on any atom is -0.327 e. The molecule has 6 heteroatoms. The number of nitrogens with zero attached hydrogens (tertiary/aromatic N) is 2. The van der Waals surface area contributed by atoms with Crippen LogP contribution < -0.4 is 11.1 Å². The van der Waals surface area contributed by atoms with Crippen molar-refractivity contribution in [2.24, 2.45) is 5.73 Å². The fraction of sp³-hybridized carbons (Fsp3) is 0.667. The molecule has 0 aliphatic rings. The molecular weight excluding hydrogens is 248 g/mol. The highest BCUT2D eigenvalue weighted by molar-refractivity contribution is 8.00. The lowest BCUT2D eigenvalue weighted by molar-refractivity contribution is -0.113. The van der Waals surface area contributed by atoms with E-state index in [9.17, 15) is 4.79 Å². The zero-order valence-electron chi connectivity index (χ0n) is 11.2. The van der Waals surface area contributed by atoms with Crippen molar-refractivity contribution in [3.05, 3.63) is 12.3 Å². The molecule has 0 aromatic carbocycles. The molecule has 0 radical (unpaired) electrons. The Hall–Kier alpha value is -1.01. The van der Waals surface area contributed by atoms with Gasteiger partial charge in [0.15, 0.2) is 0 Å². The molecule has 18 heavy (non-hydrogen) atoms. The summed E-state index contributed by atoms with van der Waals surface area (Å²) < 4.78 is 1.79. The topological polar surface area (TPSA) is 72.9 Å². The third kappa shape index (κ3) is 4.70. The van der Waals surface area contributed by atoms with Crippen molar-refractivity contribution in [1.82, 2.24) is 9.78 Å². The van der Waals surface area contributed by atoms with E-state index in [0.717, 1.165) is 18.0 Å². The fourth-order valence-electron chi connectivity index (χ4n) is 1.42. The van der Waals surface area contributed by atoms with Gasteiger partial charge in [0.1, 0.15) is 5.82 Å². The number of hydrogen-bond donors (Lipinski definition) is 2. The van der Waals surface area contributed by atoms with Gasteiger partial charge >= 0.3 is 0 Å². The van der Waals surface area contributed by atoms with Crippen LogP contribution in [0.1, 0.15) is 33.2 Å². The van der Waals surface area contributed by atoms with Crippen molar-refractivity contribution < 1.29 is 4.79 Å². The summed E-state index contributed by atoms with van der Waals surface area (Å²) in [5, 5.41) is 7.03. The third-order valence-electron chi connectivity index (χ3n) is 2.52. The molecule has 1 rings (SSSR count). The van der Waals surface area contributed by atoms with E-state index < -0.39 is 0 Å². The first kappa shape index (κ1) is 15.0. The molecule has 1 aromatic heterocycles. The molecule has 0 aliphatic carbocycles. The van der Waals surface area contributed by atoms with Gasteiger partial charge in [-0.15, -0.1) is 0 Å². The van der Waals surface area contributed by atoms with E-state index in [1.54, 1.807) is 28.7 Å². The molecule has 0 saturated carbocycles. The predicted molar refractivity (Wildman–Crippen MR) is 76.8 cm³/mol. The number of rotatable bonds is 7. The van der Waals surface area contributed by atoms with Crippen LogP contribution in [0, 0.1) is 0 Å². The summed E-state index contributed by atoms with van der Waals surface area (Å²) >= 11 is 1.56. The lowest BCUT2D eigenvalue weighted by Gasteiger charge is -2.12. The molecule has 1 heterocycles. The van der Waals surface area contributed by atoms with Gasteiger partial charge in [-0.3, -0.25) is 4.79 Å². The Morgan fingerprint density at radius 1 is 1.61 bits per heavy atom. The summed E-state index contributed by atoms with van der Waals surface area (Å²) in [5.41, 5.74) is 5.79. The number of aromatic nitrogens is 2. The highest BCUT2D eigenvalue weighted by Crippen LogP contribution is 2.13. The monoisotopic (exact) mass is 270 g/mol. The van der Waals surface area contributed by atoms with Crippen LogP contribution in [-0.4, -0.2) is 33.2 Å². The maximum atomic E-state index is 11.7. The molecule has 1 unspecified atom stereocenters. The van der Waals surface area contributed by atoms with Crippen molar-refractivity contribution in [2.75, 3.05) is 16.8 Å². The summed E-state index contributed by atoms with van der Waals surface area (Å²) in [7, 11) is 0. The quantitative estimate of drug-likeness (QED) is 0.793. The van der Waals surface area contributed by atoms with E-state index in [2.05, 4.69) is 10.4 Å². The van der Waals surface area contributed by atoms with E-state index in [1.807, 2.05) is 20.8 Å². The van der Waals surface area contributed by atoms with Crippen molar-refractivity contribution >= 4 is 23.5 Å². The number of carbonyl (C=O) groups excluding carboxylic acids is 1. The summed E-state index contributed by atoms with van der Waals surface area (Å²) in [5.74, 6) is 1.98. The number of carbonyl (C=O) groups is 1. The van der Waals surface area contributed by atoms with Gasteiger partial charge in [-0.2, -0.15) is 16.9 Å². The zero-order chi connectivity index (χ0) is 13.5. The molecule has 5 nitrogen and oxygen atoms in total. The molecular formula is C12H22N4OS. The largest absolute Gasteiger partial charge is 0.327 e. The van der Waals surface area contributed by atoms with E-state index >= 15 is 0 Å². The molecule has 0 aliphatic heterocycles. The Kier molecular flexibility index (Phi) is 6.21. The Morgan fingerprint density at radius 3 is 2.94 bits per heavy atom. The van der Waals surface area contributed by atoms with E-state index in [1.165, 1.54) is 0 Å². The van der Waals surface area contributed by atoms with E-state index in [0.29, 0.717) is 5.75 Å². The molecule has 0 bridgehead atoms. The van der Waals surface area contributed by atoms with Gasteiger partial charge in [-0.25, -0.2) is 4.68 Å². The van der Waals surface area contributed by atoms with Gasteiger partial charge in [-0.05, 0) is 20.3 Å². The number of thioether (sulfide) groups is 1. The van der Waals surface area contributed by atoms with Gasteiger partial charge < -0.3 is 11.1 Å². The average molecular weight is 270 g/mol. The zero-order valence-corrected chi connectivity index (χ0v) is 12.0. The number of nitrogens with one attached hydrogen (secondary N) is 1. The van der Waals surface area contributed by atoms with Gasteiger partial charge in [0.25, 0.3) is 0 Å². The highest BCUT2D eigenvalue weighted by atomic mass is 32.2. The molecule has 1 aromatic rings. The first-order valence-electron chi connectivity index (χ1n) is 6.21. The standard InChI is InChI=1S/C12H22N4OS/c1-4-10(13)7-18-8-12(17)15-11-5-6-14-16(11)9(2)3/h5-6,9-10H,4,7-8,13H2,1-3H3,(H,15,17). The number of nitrogens with two attached hydrogens (primary N) is 1. The van der Waals surface area contributed by atoms with Crippen molar-refractivity contribution in [2.45, 2.75) is 39.3 Å². The second-order valence-corrected chi connectivity index (χ2v) is 5.52. The summed E-state index contributed by atoms with van der Waals surface area (Å²) in [6.45, 7) is 6.10. The summed E-state index contributed by atoms with van der Waals surface area (Å²) in [6, 6.07) is 2.21. The summed E-state index contributed by atoms with van der Waals surface area (Å²) in [4.78, 5) is 11.7. The lowest BCUT2D eigenvalue weighted by atomic mass is 10.3. The van der Waals surface area contributed by atoms with Crippen LogP contribution in [0.2, 0.25) is 0 Å². The van der Waals surface area contributed by atoms with Crippen LogP contribution in [0.4, 0.5) is 5.82 Å². The lowest BCUT2D eigenvalue weighted by Crippen LogP contribution is -2.23. The Bertz CT molecular complexity index is 378. The van der Waals surface area contributed by atoms with Crippen LogP contribution >= 0.6 is 11.8 Å². The maximum Gasteiger partial charge on any atom is 0.235 e. The second-order valence-electron chi connectivity index (χ2n) is 4.49. The number of hydrogen-bond acceptors (Lipinski definition) is 4. The van der Waals surface area contributed by atoms with Gasteiger partial charge in [0.2, 0.25) is 5.91 Å². The van der Waals surface area contributed by atoms with Gasteiger partial charge in [0, 0.05) is 23.9 Å². The predicted octanol–water partition coefficient (Wildman–Crippen LogP) is 1.87. The van der Waals surface area contributed by atoms with Crippen LogP contribution in [0.5, 0.6) is 0 Å². The van der Waals surface area contributed by atoms with Crippen LogP contribution in [0.3, 0.4) is 0 Å². The Morgan fingerprint density at radius 2 is 2.33 bits per heavy atom. The van der Waals surface area contributed by atoms with Crippen LogP contribution in [-0.2, 0) is 4.79 Å². The maximum absolute atomic E-state index is 11.7.